The Morgan fingerprint density at radius 2 is 2.00 bits per heavy atom. The molecule has 0 aromatic heterocycles. The van der Waals surface area contributed by atoms with E-state index in [1.165, 1.54) is 6.42 Å². The molecule has 1 heterocycles. The number of alkyl carbamates (subject to hydrolysis) is 1. The minimum absolute atomic E-state index is 0.158. The maximum atomic E-state index is 11.9. The number of nitrogens with one attached hydrogen (secondary N) is 2. The van der Waals surface area contributed by atoms with Crippen LogP contribution in [0.1, 0.15) is 54.4 Å². The van der Waals surface area contributed by atoms with Crippen molar-refractivity contribution in [2.24, 2.45) is 11.8 Å². The fourth-order valence-electron chi connectivity index (χ4n) is 2.39. The Morgan fingerprint density at radius 3 is 2.50 bits per heavy atom. The Balaban J connectivity index is 2.46. The highest BCUT2D eigenvalue weighted by Gasteiger charge is 2.30. The van der Waals surface area contributed by atoms with E-state index in [1.807, 2.05) is 20.8 Å². The van der Waals surface area contributed by atoms with E-state index < -0.39 is 5.60 Å². The van der Waals surface area contributed by atoms with Crippen LogP contribution < -0.4 is 10.6 Å². The van der Waals surface area contributed by atoms with Gasteiger partial charge in [-0.05, 0) is 52.4 Å². The van der Waals surface area contributed by atoms with E-state index in [4.69, 9.17) is 9.47 Å². The van der Waals surface area contributed by atoms with Crippen LogP contribution in [0.3, 0.4) is 0 Å². The van der Waals surface area contributed by atoms with Crippen molar-refractivity contribution in [1.82, 2.24) is 10.6 Å². The fourth-order valence-corrected chi connectivity index (χ4v) is 2.39. The monoisotopic (exact) mass is 314 g/mol. The summed E-state index contributed by atoms with van der Waals surface area (Å²) in [6.45, 7) is 15.3. The van der Waals surface area contributed by atoms with Crippen molar-refractivity contribution in [2.45, 2.75) is 65.5 Å². The van der Waals surface area contributed by atoms with Crippen molar-refractivity contribution in [3.8, 4) is 0 Å². The predicted octanol–water partition coefficient (Wildman–Crippen LogP) is 2.94. The second-order valence-corrected chi connectivity index (χ2v) is 7.89. The Bertz CT molecular complexity index is 346. The van der Waals surface area contributed by atoms with Gasteiger partial charge in [0.1, 0.15) is 5.60 Å². The van der Waals surface area contributed by atoms with Gasteiger partial charge in [-0.25, -0.2) is 4.79 Å². The average molecular weight is 314 g/mol. The van der Waals surface area contributed by atoms with Gasteiger partial charge >= 0.3 is 6.09 Å². The molecule has 130 valence electrons. The minimum Gasteiger partial charge on any atom is -0.444 e. The van der Waals surface area contributed by atoms with Crippen molar-refractivity contribution >= 4 is 6.09 Å². The van der Waals surface area contributed by atoms with Crippen molar-refractivity contribution in [3.05, 3.63) is 0 Å². The van der Waals surface area contributed by atoms with E-state index in [0.717, 1.165) is 26.2 Å². The topological polar surface area (TPSA) is 59.6 Å². The van der Waals surface area contributed by atoms with Crippen LogP contribution in [0.5, 0.6) is 0 Å². The molecule has 1 rings (SSSR count). The predicted molar refractivity (Wildman–Crippen MR) is 89.0 cm³/mol. The van der Waals surface area contributed by atoms with Gasteiger partial charge in [0.15, 0.2) is 0 Å². The molecule has 0 aromatic carbocycles. The molecule has 1 amide bonds. The number of rotatable bonds is 6. The summed E-state index contributed by atoms with van der Waals surface area (Å²) < 4.78 is 10.8. The molecule has 0 bridgehead atoms. The first-order valence-corrected chi connectivity index (χ1v) is 8.42. The summed E-state index contributed by atoms with van der Waals surface area (Å²) in [5.41, 5.74) is -0.625. The van der Waals surface area contributed by atoms with Crippen molar-refractivity contribution in [3.63, 3.8) is 0 Å². The zero-order valence-electron chi connectivity index (χ0n) is 15.1. The largest absolute Gasteiger partial charge is 0.444 e. The van der Waals surface area contributed by atoms with Crippen LogP contribution in [0.2, 0.25) is 0 Å². The van der Waals surface area contributed by atoms with Gasteiger partial charge in [-0.15, -0.1) is 0 Å². The first kappa shape index (κ1) is 19.2. The van der Waals surface area contributed by atoms with Crippen molar-refractivity contribution in [1.29, 1.82) is 0 Å². The van der Waals surface area contributed by atoms with Crippen LogP contribution in [0, 0.1) is 11.8 Å². The summed E-state index contributed by atoms with van der Waals surface area (Å²) in [6, 6.07) is 0. The van der Waals surface area contributed by atoms with E-state index in [9.17, 15) is 4.79 Å². The van der Waals surface area contributed by atoms with Crippen LogP contribution in [0.25, 0.3) is 0 Å². The molecular formula is C17H34N2O3. The molecule has 1 fully saturated rings. The number of ether oxygens (including phenoxy) is 2. The van der Waals surface area contributed by atoms with Crippen molar-refractivity contribution in [2.75, 3.05) is 26.3 Å². The summed E-state index contributed by atoms with van der Waals surface area (Å²) in [5.74, 6) is 0.959. The summed E-state index contributed by atoms with van der Waals surface area (Å²) >= 11 is 0. The molecule has 22 heavy (non-hydrogen) atoms. The standard InChI is InChI=1S/C17H34N2O3/c1-13(2)17(6,12-18-15(20)22-16(3,4)5)19-10-14-8-7-9-21-11-14/h13-14,19H,7-12H2,1-6H3,(H,18,20). The molecule has 0 aromatic rings. The number of carbonyl (C=O) groups excluding carboxylic acids is 1. The second kappa shape index (κ2) is 8.16. The van der Waals surface area contributed by atoms with Gasteiger partial charge in [0.05, 0.1) is 6.61 Å². The molecule has 5 heteroatoms. The van der Waals surface area contributed by atoms with Crippen LogP contribution >= 0.6 is 0 Å². The molecule has 0 radical (unpaired) electrons. The average Bonchev–Trinajstić information content (AvgIpc) is 2.42. The van der Waals surface area contributed by atoms with E-state index in [0.29, 0.717) is 18.4 Å². The lowest BCUT2D eigenvalue weighted by Crippen LogP contribution is -2.56. The molecule has 2 unspecified atom stereocenters. The van der Waals surface area contributed by atoms with Gasteiger partial charge in [0, 0.05) is 25.2 Å². The molecule has 2 atom stereocenters. The summed E-state index contributed by atoms with van der Waals surface area (Å²) in [5, 5.41) is 6.53. The lowest BCUT2D eigenvalue weighted by Gasteiger charge is -2.37. The molecular weight excluding hydrogens is 280 g/mol. The highest BCUT2D eigenvalue weighted by atomic mass is 16.6. The van der Waals surface area contributed by atoms with Gasteiger partial charge in [-0.2, -0.15) is 0 Å². The third-order valence-corrected chi connectivity index (χ3v) is 4.32. The number of carbonyl (C=O) groups is 1. The molecule has 1 saturated heterocycles. The smallest absolute Gasteiger partial charge is 0.407 e. The second-order valence-electron chi connectivity index (χ2n) is 7.89. The summed E-state index contributed by atoms with van der Waals surface area (Å²) in [4.78, 5) is 11.9. The van der Waals surface area contributed by atoms with Crippen LogP contribution in [0.4, 0.5) is 4.79 Å². The Labute approximate surface area is 135 Å². The van der Waals surface area contributed by atoms with Gasteiger partial charge in [-0.3, -0.25) is 0 Å². The maximum absolute atomic E-state index is 11.9. The fraction of sp³-hybridized carbons (Fsp3) is 0.941. The highest BCUT2D eigenvalue weighted by Crippen LogP contribution is 2.19. The zero-order chi connectivity index (χ0) is 16.8. The Kier molecular flexibility index (Phi) is 7.13. The normalized spacial score (nSPS) is 22.2. The SMILES string of the molecule is CC(C)C(C)(CNC(=O)OC(C)(C)C)NCC1CCCOC1. The van der Waals surface area contributed by atoms with Gasteiger partial charge in [0.2, 0.25) is 0 Å². The number of hydrogen-bond donors (Lipinski definition) is 2. The minimum atomic E-state index is -0.467. The lowest BCUT2D eigenvalue weighted by molar-refractivity contribution is 0.0451. The molecule has 1 aliphatic rings. The highest BCUT2D eigenvalue weighted by molar-refractivity contribution is 5.67. The van der Waals surface area contributed by atoms with E-state index >= 15 is 0 Å². The van der Waals surface area contributed by atoms with Gasteiger partial charge in [-0.1, -0.05) is 13.8 Å². The lowest BCUT2D eigenvalue weighted by atomic mass is 9.87. The van der Waals surface area contributed by atoms with Crippen LogP contribution in [-0.2, 0) is 9.47 Å². The van der Waals surface area contributed by atoms with Crippen LogP contribution in [0.15, 0.2) is 0 Å². The van der Waals surface area contributed by atoms with E-state index in [1.54, 1.807) is 0 Å². The first-order valence-electron chi connectivity index (χ1n) is 8.42. The van der Waals surface area contributed by atoms with Crippen LogP contribution in [-0.4, -0.2) is 43.5 Å². The quantitative estimate of drug-likeness (QED) is 0.791. The third-order valence-electron chi connectivity index (χ3n) is 4.32. The van der Waals surface area contributed by atoms with E-state index in [-0.39, 0.29) is 11.6 Å². The van der Waals surface area contributed by atoms with E-state index in [2.05, 4.69) is 31.4 Å². The van der Waals surface area contributed by atoms with Gasteiger partial charge in [0.25, 0.3) is 0 Å². The Hall–Kier alpha value is -0.810. The molecule has 5 nitrogen and oxygen atoms in total. The molecule has 0 aliphatic carbocycles. The molecule has 0 spiro atoms. The maximum Gasteiger partial charge on any atom is 0.407 e. The van der Waals surface area contributed by atoms with Gasteiger partial charge < -0.3 is 20.1 Å². The number of hydrogen-bond acceptors (Lipinski definition) is 4. The molecule has 2 N–H and O–H groups in total. The third kappa shape index (κ3) is 6.97. The summed E-state index contributed by atoms with van der Waals surface area (Å²) in [6.07, 6.45) is 1.99. The van der Waals surface area contributed by atoms with Crippen molar-refractivity contribution < 1.29 is 14.3 Å². The number of amides is 1. The zero-order valence-corrected chi connectivity index (χ0v) is 15.1. The molecule has 0 saturated carbocycles. The summed E-state index contributed by atoms with van der Waals surface area (Å²) in [7, 11) is 0. The molecule has 1 aliphatic heterocycles. The first-order chi connectivity index (χ1) is 10.1. The Morgan fingerprint density at radius 1 is 1.32 bits per heavy atom.